The molecular formula is C15H9ClF3N3OS. The van der Waals surface area contributed by atoms with Gasteiger partial charge in [0.25, 0.3) is 5.89 Å². The second kappa shape index (κ2) is 6.82. The summed E-state index contributed by atoms with van der Waals surface area (Å²) in [5.41, 5.74) is -0.0489. The number of pyridine rings is 1. The third kappa shape index (κ3) is 4.07. The third-order valence-electron chi connectivity index (χ3n) is 2.97. The van der Waals surface area contributed by atoms with Crippen LogP contribution in [0.1, 0.15) is 11.4 Å². The Balaban J connectivity index is 1.64. The first-order chi connectivity index (χ1) is 11.4. The molecule has 0 unspecified atom stereocenters. The van der Waals surface area contributed by atoms with Gasteiger partial charge in [-0.3, -0.25) is 0 Å². The van der Waals surface area contributed by atoms with Crippen LogP contribution in [0.3, 0.4) is 0 Å². The molecule has 0 spiro atoms. The molecule has 0 atom stereocenters. The van der Waals surface area contributed by atoms with Crippen LogP contribution in [-0.4, -0.2) is 15.1 Å². The number of hydrogen-bond donors (Lipinski definition) is 0. The van der Waals surface area contributed by atoms with Crippen molar-refractivity contribution in [2.45, 2.75) is 17.0 Å². The van der Waals surface area contributed by atoms with E-state index in [0.29, 0.717) is 27.5 Å². The van der Waals surface area contributed by atoms with Crippen LogP contribution in [-0.2, 0) is 11.9 Å². The number of rotatable bonds is 4. The molecule has 0 aliphatic carbocycles. The predicted molar refractivity (Wildman–Crippen MR) is 83.5 cm³/mol. The molecule has 2 heterocycles. The minimum Gasteiger partial charge on any atom is -0.334 e. The highest BCUT2D eigenvalue weighted by Gasteiger charge is 2.30. The SMILES string of the molecule is FC(F)(F)c1ccc(SCc2noc(-c3ccc(Cl)cc3)n2)nc1. The minimum atomic E-state index is -4.39. The fraction of sp³-hybridized carbons (Fsp3) is 0.133. The van der Waals surface area contributed by atoms with Gasteiger partial charge in [-0.2, -0.15) is 18.2 Å². The molecule has 0 radical (unpaired) electrons. The summed E-state index contributed by atoms with van der Waals surface area (Å²) < 4.78 is 42.6. The van der Waals surface area contributed by atoms with E-state index in [-0.39, 0.29) is 0 Å². The average Bonchev–Trinajstić information content (AvgIpc) is 3.02. The van der Waals surface area contributed by atoms with Crippen molar-refractivity contribution < 1.29 is 17.7 Å². The number of alkyl halides is 3. The zero-order valence-corrected chi connectivity index (χ0v) is 13.5. The van der Waals surface area contributed by atoms with E-state index in [1.807, 2.05) is 0 Å². The van der Waals surface area contributed by atoms with Gasteiger partial charge < -0.3 is 4.52 Å². The first-order valence-electron chi connectivity index (χ1n) is 6.66. The zero-order chi connectivity index (χ0) is 17.2. The maximum atomic E-state index is 12.5. The van der Waals surface area contributed by atoms with Gasteiger partial charge >= 0.3 is 6.18 Å². The molecule has 0 aliphatic heterocycles. The minimum absolute atomic E-state index is 0.329. The Kier molecular flexibility index (Phi) is 4.77. The second-order valence-electron chi connectivity index (χ2n) is 4.69. The number of thioether (sulfide) groups is 1. The largest absolute Gasteiger partial charge is 0.417 e. The van der Waals surface area contributed by atoms with E-state index < -0.39 is 11.7 Å². The quantitative estimate of drug-likeness (QED) is 0.597. The Labute approximate surface area is 144 Å². The summed E-state index contributed by atoms with van der Waals surface area (Å²) in [4.78, 5) is 8.01. The monoisotopic (exact) mass is 371 g/mol. The van der Waals surface area contributed by atoms with Crippen LogP contribution in [0.5, 0.6) is 0 Å². The van der Waals surface area contributed by atoms with Crippen molar-refractivity contribution >= 4 is 23.4 Å². The summed E-state index contributed by atoms with van der Waals surface area (Å²) in [5.74, 6) is 1.10. The Hall–Kier alpha value is -2.06. The molecule has 0 saturated heterocycles. The topological polar surface area (TPSA) is 51.8 Å². The number of aromatic nitrogens is 3. The highest BCUT2D eigenvalue weighted by Crippen LogP contribution is 2.30. The van der Waals surface area contributed by atoms with Crippen LogP contribution in [0.2, 0.25) is 5.02 Å². The van der Waals surface area contributed by atoms with E-state index in [9.17, 15) is 13.2 Å². The lowest BCUT2D eigenvalue weighted by atomic mass is 10.2. The number of hydrogen-bond acceptors (Lipinski definition) is 5. The lowest BCUT2D eigenvalue weighted by Gasteiger charge is -2.05. The summed E-state index contributed by atoms with van der Waals surface area (Å²) in [6.45, 7) is 0. The Bertz CT molecular complexity index is 819. The van der Waals surface area contributed by atoms with Gasteiger partial charge in [0.1, 0.15) is 0 Å². The van der Waals surface area contributed by atoms with Gasteiger partial charge in [-0.25, -0.2) is 4.98 Å². The van der Waals surface area contributed by atoms with Crippen molar-refractivity contribution in [2.24, 2.45) is 0 Å². The smallest absolute Gasteiger partial charge is 0.334 e. The molecule has 0 bridgehead atoms. The molecule has 3 rings (SSSR count). The van der Waals surface area contributed by atoms with Crippen molar-refractivity contribution in [3.8, 4) is 11.5 Å². The van der Waals surface area contributed by atoms with E-state index in [0.717, 1.165) is 17.8 Å². The van der Waals surface area contributed by atoms with Crippen LogP contribution in [0.15, 0.2) is 52.1 Å². The molecule has 0 aliphatic rings. The van der Waals surface area contributed by atoms with E-state index in [2.05, 4.69) is 15.1 Å². The Morgan fingerprint density at radius 3 is 2.46 bits per heavy atom. The standard InChI is InChI=1S/C15H9ClF3N3OS/c16-11-4-1-9(2-5-11)14-21-12(22-23-14)8-24-13-6-3-10(7-20-13)15(17,18)19/h1-7H,8H2. The highest BCUT2D eigenvalue weighted by molar-refractivity contribution is 7.98. The maximum Gasteiger partial charge on any atom is 0.417 e. The molecule has 1 aromatic carbocycles. The van der Waals surface area contributed by atoms with Crippen molar-refractivity contribution in [2.75, 3.05) is 0 Å². The zero-order valence-electron chi connectivity index (χ0n) is 11.9. The summed E-state index contributed by atoms with van der Waals surface area (Å²) in [7, 11) is 0. The van der Waals surface area contributed by atoms with Gasteiger partial charge in [-0.15, -0.1) is 0 Å². The summed E-state index contributed by atoms with van der Waals surface area (Å²) in [6, 6.07) is 9.23. The number of benzene rings is 1. The van der Waals surface area contributed by atoms with Gasteiger partial charge in [0, 0.05) is 16.8 Å². The molecule has 4 nitrogen and oxygen atoms in total. The van der Waals surface area contributed by atoms with E-state index >= 15 is 0 Å². The van der Waals surface area contributed by atoms with Crippen molar-refractivity contribution in [3.05, 3.63) is 59.0 Å². The molecular weight excluding hydrogens is 363 g/mol. The van der Waals surface area contributed by atoms with Gasteiger partial charge in [-0.1, -0.05) is 28.5 Å². The fourth-order valence-corrected chi connectivity index (χ4v) is 2.61. The van der Waals surface area contributed by atoms with Crippen molar-refractivity contribution in [3.63, 3.8) is 0 Å². The molecule has 124 valence electrons. The predicted octanol–water partition coefficient (Wildman–Crippen LogP) is 5.10. The summed E-state index contributed by atoms with van der Waals surface area (Å²) in [5, 5.41) is 4.88. The van der Waals surface area contributed by atoms with Crippen molar-refractivity contribution in [1.82, 2.24) is 15.1 Å². The average molecular weight is 372 g/mol. The number of nitrogens with zero attached hydrogens (tertiary/aromatic N) is 3. The Morgan fingerprint density at radius 2 is 1.83 bits per heavy atom. The highest BCUT2D eigenvalue weighted by atomic mass is 35.5. The molecule has 0 fully saturated rings. The Morgan fingerprint density at radius 1 is 1.08 bits per heavy atom. The van der Waals surface area contributed by atoms with Gasteiger partial charge in [0.2, 0.25) is 0 Å². The third-order valence-corrected chi connectivity index (χ3v) is 4.16. The number of halogens is 4. The van der Waals surface area contributed by atoms with E-state index in [1.54, 1.807) is 24.3 Å². The molecule has 24 heavy (non-hydrogen) atoms. The normalized spacial score (nSPS) is 11.7. The molecule has 0 amide bonds. The van der Waals surface area contributed by atoms with Gasteiger partial charge in [-0.05, 0) is 36.4 Å². The van der Waals surface area contributed by atoms with Crippen LogP contribution in [0.25, 0.3) is 11.5 Å². The fourth-order valence-electron chi connectivity index (χ4n) is 1.79. The second-order valence-corrected chi connectivity index (χ2v) is 6.13. The molecule has 9 heteroatoms. The van der Waals surface area contributed by atoms with Crippen molar-refractivity contribution in [1.29, 1.82) is 0 Å². The molecule has 0 N–H and O–H groups in total. The van der Waals surface area contributed by atoms with Crippen LogP contribution < -0.4 is 0 Å². The molecule has 3 aromatic rings. The summed E-state index contributed by atoms with van der Waals surface area (Å²) >= 11 is 7.03. The molecule has 0 saturated carbocycles. The van der Waals surface area contributed by atoms with Crippen LogP contribution >= 0.6 is 23.4 Å². The molecule has 2 aromatic heterocycles. The maximum absolute atomic E-state index is 12.5. The van der Waals surface area contributed by atoms with Gasteiger partial charge in [0.05, 0.1) is 16.3 Å². The lowest BCUT2D eigenvalue weighted by molar-refractivity contribution is -0.137. The van der Waals surface area contributed by atoms with Crippen LogP contribution in [0, 0.1) is 0 Å². The van der Waals surface area contributed by atoms with Gasteiger partial charge in [0.15, 0.2) is 5.82 Å². The lowest BCUT2D eigenvalue weighted by Crippen LogP contribution is -2.05. The first-order valence-corrected chi connectivity index (χ1v) is 8.03. The first kappa shape index (κ1) is 16.8. The van der Waals surface area contributed by atoms with Crippen LogP contribution in [0.4, 0.5) is 13.2 Å². The van der Waals surface area contributed by atoms with E-state index in [1.165, 1.54) is 17.8 Å². The van der Waals surface area contributed by atoms with E-state index in [4.69, 9.17) is 16.1 Å². The summed E-state index contributed by atoms with van der Waals surface area (Å²) in [6.07, 6.45) is -3.59.